The van der Waals surface area contributed by atoms with Gasteiger partial charge >= 0.3 is 0 Å². The number of rotatable bonds is 5. The Hall–Kier alpha value is -6.65. The minimum Gasteiger partial charge on any atom is -0.456 e. The van der Waals surface area contributed by atoms with Crippen molar-refractivity contribution in [1.82, 2.24) is 15.0 Å². The summed E-state index contributed by atoms with van der Waals surface area (Å²) in [6.07, 6.45) is 0. The molecule has 2 heterocycles. The molecule has 0 amide bonds. The number of aromatic nitrogens is 3. The van der Waals surface area contributed by atoms with E-state index in [1.165, 1.54) is 44.2 Å². The van der Waals surface area contributed by atoms with E-state index < -0.39 is 0 Å². The molecule has 4 nitrogen and oxygen atoms in total. The van der Waals surface area contributed by atoms with Gasteiger partial charge in [-0.3, -0.25) is 0 Å². The maximum Gasteiger partial charge on any atom is 0.164 e. The standard InChI is InChI=1S/C48H33N3O/c1-48(2)39-25-24-35(29-38(39)43-40(48)26-27-42-44(43)37-18-9-10-19-41(37)52-42)31-22-20-30(21-23-31)34-16-11-17-36(28-34)47-50-45(32-12-5-3-6-13-32)49-46(51-47)33-14-7-4-8-15-33/h3-29H,1-2H3. The largest absolute Gasteiger partial charge is 0.456 e. The third kappa shape index (κ3) is 4.87. The van der Waals surface area contributed by atoms with Crippen LogP contribution in [0.5, 0.6) is 0 Å². The number of benzene rings is 7. The van der Waals surface area contributed by atoms with E-state index in [0.717, 1.165) is 39.0 Å². The summed E-state index contributed by atoms with van der Waals surface area (Å²) in [5.74, 6) is 1.95. The number of hydrogen-bond donors (Lipinski definition) is 0. The van der Waals surface area contributed by atoms with Gasteiger partial charge in [-0.15, -0.1) is 0 Å². The SMILES string of the molecule is CC1(C)c2ccc(-c3ccc(-c4cccc(-c5nc(-c6ccccc6)nc(-c6ccccc6)n5)c4)cc3)cc2-c2c1ccc1oc3ccccc3c21. The smallest absolute Gasteiger partial charge is 0.164 e. The molecule has 52 heavy (non-hydrogen) atoms. The van der Waals surface area contributed by atoms with Crippen LogP contribution in [0.25, 0.3) is 89.5 Å². The molecule has 7 aromatic carbocycles. The maximum absolute atomic E-state index is 6.31. The molecule has 0 saturated heterocycles. The van der Waals surface area contributed by atoms with Crippen molar-refractivity contribution in [2.24, 2.45) is 0 Å². The van der Waals surface area contributed by atoms with E-state index in [9.17, 15) is 0 Å². The summed E-state index contributed by atoms with van der Waals surface area (Å²) < 4.78 is 6.31. The molecule has 0 aliphatic heterocycles. The highest BCUT2D eigenvalue weighted by molar-refractivity contribution is 6.15. The summed E-state index contributed by atoms with van der Waals surface area (Å²) in [6, 6.07) is 57.2. The lowest BCUT2D eigenvalue weighted by molar-refractivity contribution is 0.656. The number of furan rings is 1. The zero-order chi connectivity index (χ0) is 34.8. The van der Waals surface area contributed by atoms with Gasteiger partial charge in [-0.25, -0.2) is 15.0 Å². The van der Waals surface area contributed by atoms with Crippen molar-refractivity contribution in [3.05, 3.63) is 175 Å². The molecule has 1 aliphatic rings. The van der Waals surface area contributed by atoms with E-state index in [0.29, 0.717) is 17.5 Å². The van der Waals surface area contributed by atoms with Gasteiger partial charge in [0.25, 0.3) is 0 Å². The lowest BCUT2D eigenvalue weighted by Crippen LogP contribution is -2.14. The van der Waals surface area contributed by atoms with Gasteiger partial charge in [-0.1, -0.05) is 153 Å². The zero-order valence-corrected chi connectivity index (χ0v) is 28.8. The summed E-state index contributed by atoms with van der Waals surface area (Å²) in [5.41, 5.74) is 14.5. The minimum atomic E-state index is -0.104. The molecule has 0 N–H and O–H groups in total. The first-order chi connectivity index (χ1) is 25.5. The molecule has 0 unspecified atom stereocenters. The van der Waals surface area contributed by atoms with Crippen LogP contribution in [-0.2, 0) is 5.41 Å². The molecule has 10 rings (SSSR count). The van der Waals surface area contributed by atoms with E-state index in [2.05, 4.69) is 111 Å². The number of para-hydroxylation sites is 1. The van der Waals surface area contributed by atoms with Crippen LogP contribution in [0.3, 0.4) is 0 Å². The van der Waals surface area contributed by atoms with Crippen LogP contribution in [-0.4, -0.2) is 15.0 Å². The summed E-state index contributed by atoms with van der Waals surface area (Å²) in [6.45, 7) is 4.66. The summed E-state index contributed by atoms with van der Waals surface area (Å²) in [4.78, 5) is 14.8. The monoisotopic (exact) mass is 667 g/mol. The fraction of sp³-hybridized carbons (Fsp3) is 0.0625. The average Bonchev–Trinajstić information content (AvgIpc) is 3.70. The lowest BCUT2D eigenvalue weighted by Gasteiger charge is -2.21. The highest BCUT2D eigenvalue weighted by Gasteiger charge is 2.37. The minimum absolute atomic E-state index is 0.104. The predicted octanol–water partition coefficient (Wildman–Crippen LogP) is 12.4. The summed E-state index contributed by atoms with van der Waals surface area (Å²) in [7, 11) is 0. The fourth-order valence-electron chi connectivity index (χ4n) is 7.87. The Morgan fingerprint density at radius 2 is 0.923 bits per heavy atom. The van der Waals surface area contributed by atoms with Gasteiger partial charge in [0.15, 0.2) is 17.5 Å². The zero-order valence-electron chi connectivity index (χ0n) is 28.8. The van der Waals surface area contributed by atoms with Crippen molar-refractivity contribution in [3.8, 4) is 67.5 Å². The fourth-order valence-corrected chi connectivity index (χ4v) is 7.87. The molecule has 0 atom stereocenters. The maximum atomic E-state index is 6.31. The summed E-state index contributed by atoms with van der Waals surface area (Å²) >= 11 is 0. The molecule has 2 aromatic heterocycles. The van der Waals surface area contributed by atoms with E-state index in [-0.39, 0.29) is 5.41 Å². The quantitative estimate of drug-likeness (QED) is 0.183. The Morgan fingerprint density at radius 1 is 0.404 bits per heavy atom. The van der Waals surface area contributed by atoms with Crippen molar-refractivity contribution in [2.45, 2.75) is 19.3 Å². The first-order valence-corrected chi connectivity index (χ1v) is 17.7. The second kappa shape index (κ2) is 11.7. The molecule has 246 valence electrons. The van der Waals surface area contributed by atoms with Crippen LogP contribution in [0.4, 0.5) is 0 Å². The van der Waals surface area contributed by atoms with Gasteiger partial charge < -0.3 is 4.42 Å². The van der Waals surface area contributed by atoms with Gasteiger partial charge in [0.1, 0.15) is 11.2 Å². The topological polar surface area (TPSA) is 51.8 Å². The van der Waals surface area contributed by atoms with Gasteiger partial charge in [-0.2, -0.15) is 0 Å². The molecule has 0 radical (unpaired) electrons. The predicted molar refractivity (Wildman–Crippen MR) is 212 cm³/mol. The molecule has 9 aromatic rings. The molecule has 0 bridgehead atoms. The van der Waals surface area contributed by atoms with Gasteiger partial charge in [0.05, 0.1) is 0 Å². The van der Waals surface area contributed by atoms with E-state index in [4.69, 9.17) is 19.4 Å². The number of nitrogens with zero attached hydrogens (tertiary/aromatic N) is 3. The lowest BCUT2D eigenvalue weighted by atomic mass is 9.82. The third-order valence-corrected chi connectivity index (χ3v) is 10.6. The summed E-state index contributed by atoms with van der Waals surface area (Å²) in [5, 5.41) is 2.37. The first kappa shape index (κ1) is 30.2. The molecule has 0 saturated carbocycles. The molecule has 0 fully saturated rings. The Balaban J connectivity index is 1.02. The average molecular weight is 668 g/mol. The van der Waals surface area contributed by atoms with Gasteiger partial charge in [-0.05, 0) is 68.8 Å². The van der Waals surface area contributed by atoms with Crippen LogP contribution in [0.1, 0.15) is 25.0 Å². The van der Waals surface area contributed by atoms with Crippen LogP contribution < -0.4 is 0 Å². The van der Waals surface area contributed by atoms with Crippen LogP contribution in [0, 0.1) is 0 Å². The highest BCUT2D eigenvalue weighted by atomic mass is 16.3. The molecular weight excluding hydrogens is 635 g/mol. The Labute approximate surface area is 302 Å². The van der Waals surface area contributed by atoms with Gasteiger partial charge in [0, 0.05) is 32.9 Å². The second-order valence-electron chi connectivity index (χ2n) is 14.0. The van der Waals surface area contributed by atoms with E-state index in [1.54, 1.807) is 0 Å². The molecule has 0 spiro atoms. The van der Waals surface area contributed by atoms with Crippen LogP contribution in [0.15, 0.2) is 168 Å². The van der Waals surface area contributed by atoms with E-state index in [1.807, 2.05) is 66.7 Å². The normalized spacial score (nSPS) is 13.0. The molecule has 1 aliphatic carbocycles. The Kier molecular flexibility index (Phi) is 6.80. The van der Waals surface area contributed by atoms with E-state index >= 15 is 0 Å². The van der Waals surface area contributed by atoms with Crippen LogP contribution >= 0.6 is 0 Å². The first-order valence-electron chi connectivity index (χ1n) is 17.7. The Bertz CT molecular complexity index is 2740. The Morgan fingerprint density at radius 3 is 1.60 bits per heavy atom. The van der Waals surface area contributed by atoms with Gasteiger partial charge in [0.2, 0.25) is 0 Å². The third-order valence-electron chi connectivity index (χ3n) is 10.6. The highest BCUT2D eigenvalue weighted by Crippen LogP contribution is 2.53. The van der Waals surface area contributed by atoms with Crippen molar-refractivity contribution in [1.29, 1.82) is 0 Å². The van der Waals surface area contributed by atoms with Crippen LogP contribution in [0.2, 0.25) is 0 Å². The number of hydrogen-bond acceptors (Lipinski definition) is 4. The van der Waals surface area contributed by atoms with Crippen molar-refractivity contribution < 1.29 is 4.42 Å². The van der Waals surface area contributed by atoms with Crippen molar-refractivity contribution in [3.63, 3.8) is 0 Å². The van der Waals surface area contributed by atoms with Crippen molar-refractivity contribution in [2.75, 3.05) is 0 Å². The molecular formula is C48H33N3O. The molecule has 4 heteroatoms. The number of fused-ring (bicyclic) bond motifs is 7. The van der Waals surface area contributed by atoms with Crippen molar-refractivity contribution >= 4 is 21.9 Å². The second-order valence-corrected chi connectivity index (χ2v) is 14.0.